The van der Waals surface area contributed by atoms with E-state index in [2.05, 4.69) is 55.4 Å². The highest BCUT2D eigenvalue weighted by molar-refractivity contribution is 7.99. The van der Waals surface area contributed by atoms with Gasteiger partial charge in [-0.1, -0.05) is 59.8 Å². The van der Waals surface area contributed by atoms with E-state index in [1.165, 1.54) is 26.5 Å². The van der Waals surface area contributed by atoms with Crippen molar-refractivity contribution in [3.63, 3.8) is 0 Å². The quantitative estimate of drug-likeness (QED) is 0.654. The third kappa shape index (κ3) is 3.03. The summed E-state index contributed by atoms with van der Waals surface area (Å²) < 4.78 is 0. The lowest BCUT2D eigenvalue weighted by atomic mass is 9.96. The second-order valence-electron chi connectivity index (χ2n) is 5.42. The smallest absolute Gasteiger partial charge is 0.0551 e. The van der Waals surface area contributed by atoms with Crippen LogP contribution in [0.5, 0.6) is 0 Å². The molecule has 2 aromatic rings. The lowest BCUT2D eigenvalue weighted by Crippen LogP contribution is -2.12. The van der Waals surface area contributed by atoms with Gasteiger partial charge in [-0.25, -0.2) is 0 Å². The summed E-state index contributed by atoms with van der Waals surface area (Å²) in [5, 5.41) is 0.838. The van der Waals surface area contributed by atoms with Gasteiger partial charge in [-0.05, 0) is 49.3 Å². The van der Waals surface area contributed by atoms with E-state index in [-0.39, 0.29) is 0 Å². The van der Waals surface area contributed by atoms with Crippen LogP contribution in [0, 0.1) is 0 Å². The molecule has 1 nitrogen and oxygen atoms in total. The van der Waals surface area contributed by atoms with E-state index in [0.29, 0.717) is 0 Å². The first-order chi connectivity index (χ1) is 10.2. The molecule has 1 aliphatic rings. The van der Waals surface area contributed by atoms with E-state index in [9.17, 15) is 0 Å². The molecule has 21 heavy (non-hydrogen) atoms. The highest BCUT2D eigenvalue weighted by Crippen LogP contribution is 2.47. The number of rotatable bonds is 3. The predicted molar refractivity (Wildman–Crippen MR) is 92.3 cm³/mol. The van der Waals surface area contributed by atoms with Crippen molar-refractivity contribution in [3.8, 4) is 0 Å². The van der Waals surface area contributed by atoms with Crippen LogP contribution in [-0.4, -0.2) is 25.5 Å². The Labute approximate surface area is 135 Å². The molecule has 0 radical (unpaired) electrons. The van der Waals surface area contributed by atoms with Crippen molar-refractivity contribution in [1.29, 1.82) is 0 Å². The Morgan fingerprint density at radius 2 is 1.81 bits per heavy atom. The highest BCUT2D eigenvalue weighted by atomic mass is 35.5. The Morgan fingerprint density at radius 1 is 1.05 bits per heavy atom. The Hall–Kier alpha value is -1.22. The molecule has 0 N–H and O–H groups in total. The van der Waals surface area contributed by atoms with Crippen LogP contribution in [-0.2, 0) is 0 Å². The van der Waals surface area contributed by atoms with Gasteiger partial charge >= 0.3 is 0 Å². The summed E-state index contributed by atoms with van der Waals surface area (Å²) in [6.07, 6.45) is 3.38. The SMILES string of the molecule is CN(C)CCC=C1c2ccccc2Sc2c(Cl)cccc21. The van der Waals surface area contributed by atoms with Crippen LogP contribution in [0.25, 0.3) is 5.57 Å². The fourth-order valence-corrected chi connectivity index (χ4v) is 3.94. The normalized spacial score (nSPS) is 15.1. The molecular weight excluding hydrogens is 298 g/mol. The van der Waals surface area contributed by atoms with Gasteiger partial charge in [0.1, 0.15) is 0 Å². The van der Waals surface area contributed by atoms with Gasteiger partial charge in [-0.2, -0.15) is 0 Å². The summed E-state index contributed by atoms with van der Waals surface area (Å²) in [5.41, 5.74) is 3.88. The summed E-state index contributed by atoms with van der Waals surface area (Å²) in [4.78, 5) is 4.67. The van der Waals surface area contributed by atoms with Crippen LogP contribution in [0.15, 0.2) is 58.3 Å². The number of hydrogen-bond donors (Lipinski definition) is 0. The summed E-state index contributed by atoms with van der Waals surface area (Å²) in [7, 11) is 4.21. The van der Waals surface area contributed by atoms with Crippen LogP contribution in [0.4, 0.5) is 0 Å². The van der Waals surface area contributed by atoms with Crippen molar-refractivity contribution in [2.24, 2.45) is 0 Å². The standard InChI is InChI=1S/C18H18ClNS/c1-20(2)12-6-9-13-14-7-3-4-11-17(14)21-18-15(13)8-5-10-16(18)19/h3-5,7-11H,6,12H2,1-2H3. The van der Waals surface area contributed by atoms with Crippen LogP contribution in [0.3, 0.4) is 0 Å². The van der Waals surface area contributed by atoms with E-state index in [4.69, 9.17) is 11.6 Å². The average molecular weight is 316 g/mol. The summed E-state index contributed by atoms with van der Waals surface area (Å²) in [6, 6.07) is 14.7. The van der Waals surface area contributed by atoms with Gasteiger partial charge in [0.2, 0.25) is 0 Å². The van der Waals surface area contributed by atoms with E-state index in [1.807, 2.05) is 12.1 Å². The number of fused-ring (bicyclic) bond motifs is 2. The summed E-state index contributed by atoms with van der Waals surface area (Å²) >= 11 is 8.17. The highest BCUT2D eigenvalue weighted by Gasteiger charge is 2.21. The maximum atomic E-state index is 6.40. The van der Waals surface area contributed by atoms with Crippen molar-refractivity contribution in [2.75, 3.05) is 20.6 Å². The van der Waals surface area contributed by atoms with Gasteiger partial charge in [0, 0.05) is 16.3 Å². The average Bonchev–Trinajstić information content (AvgIpc) is 2.47. The van der Waals surface area contributed by atoms with E-state index in [0.717, 1.165) is 18.0 Å². The van der Waals surface area contributed by atoms with Gasteiger partial charge in [0.25, 0.3) is 0 Å². The molecular formula is C18H18ClNS. The third-order valence-electron chi connectivity index (χ3n) is 3.57. The van der Waals surface area contributed by atoms with Gasteiger partial charge in [0.05, 0.1) is 5.02 Å². The van der Waals surface area contributed by atoms with Crippen molar-refractivity contribution in [2.45, 2.75) is 16.2 Å². The van der Waals surface area contributed by atoms with E-state index >= 15 is 0 Å². The molecule has 0 saturated heterocycles. The van der Waals surface area contributed by atoms with Gasteiger partial charge in [-0.15, -0.1) is 0 Å². The van der Waals surface area contributed by atoms with Crippen LogP contribution in [0.2, 0.25) is 5.02 Å². The third-order valence-corrected chi connectivity index (χ3v) is 5.22. The minimum absolute atomic E-state index is 0.838. The summed E-state index contributed by atoms with van der Waals surface area (Å²) in [6.45, 7) is 1.05. The molecule has 1 aliphatic heterocycles. The monoisotopic (exact) mass is 315 g/mol. The molecule has 0 saturated carbocycles. The van der Waals surface area contributed by atoms with E-state index < -0.39 is 0 Å². The number of halogens is 1. The number of hydrogen-bond acceptors (Lipinski definition) is 2. The molecule has 0 aliphatic carbocycles. The fraction of sp³-hybridized carbons (Fsp3) is 0.222. The zero-order valence-corrected chi connectivity index (χ0v) is 13.8. The molecule has 108 valence electrons. The molecule has 3 heteroatoms. The number of nitrogens with zero attached hydrogens (tertiary/aromatic N) is 1. The first-order valence-corrected chi connectivity index (χ1v) is 8.27. The minimum atomic E-state index is 0.838. The van der Waals surface area contributed by atoms with Crippen molar-refractivity contribution < 1.29 is 0 Å². The van der Waals surface area contributed by atoms with E-state index in [1.54, 1.807) is 11.8 Å². The van der Waals surface area contributed by atoms with Crippen molar-refractivity contribution >= 4 is 28.9 Å². The van der Waals surface area contributed by atoms with Gasteiger partial charge in [-0.3, -0.25) is 0 Å². The van der Waals surface area contributed by atoms with Crippen LogP contribution in [0.1, 0.15) is 17.5 Å². The first-order valence-electron chi connectivity index (χ1n) is 7.08. The molecule has 0 bridgehead atoms. The first kappa shape index (κ1) is 14.7. The molecule has 3 rings (SSSR count). The Morgan fingerprint density at radius 3 is 2.62 bits per heavy atom. The predicted octanol–water partition coefficient (Wildman–Crippen LogP) is 5.19. The molecule has 0 spiro atoms. The van der Waals surface area contributed by atoms with Crippen molar-refractivity contribution in [3.05, 3.63) is 64.7 Å². The maximum absolute atomic E-state index is 6.40. The Kier molecular flexibility index (Phi) is 4.39. The van der Waals surface area contributed by atoms with Crippen molar-refractivity contribution in [1.82, 2.24) is 4.90 Å². The zero-order valence-electron chi connectivity index (χ0n) is 12.3. The topological polar surface area (TPSA) is 3.24 Å². The second kappa shape index (κ2) is 6.27. The van der Waals surface area contributed by atoms with Gasteiger partial charge in [0.15, 0.2) is 0 Å². The molecule has 0 unspecified atom stereocenters. The zero-order chi connectivity index (χ0) is 14.8. The molecule has 0 atom stereocenters. The molecule has 2 aromatic carbocycles. The molecule has 1 heterocycles. The summed E-state index contributed by atoms with van der Waals surface area (Å²) in [5.74, 6) is 0. The molecule has 0 amide bonds. The molecule has 0 aromatic heterocycles. The largest absolute Gasteiger partial charge is 0.309 e. The lowest BCUT2D eigenvalue weighted by Gasteiger charge is -2.23. The second-order valence-corrected chi connectivity index (χ2v) is 6.88. The van der Waals surface area contributed by atoms with Crippen LogP contribution >= 0.6 is 23.4 Å². The molecule has 0 fully saturated rings. The number of benzene rings is 2. The Balaban J connectivity index is 2.08. The van der Waals surface area contributed by atoms with Gasteiger partial charge < -0.3 is 4.90 Å². The maximum Gasteiger partial charge on any atom is 0.0551 e. The Bertz CT molecular complexity index is 691. The minimum Gasteiger partial charge on any atom is -0.309 e. The fourth-order valence-electron chi connectivity index (χ4n) is 2.54. The lowest BCUT2D eigenvalue weighted by molar-refractivity contribution is 0.417. The van der Waals surface area contributed by atoms with Crippen LogP contribution < -0.4 is 0 Å².